The number of primary amides is 1. The predicted molar refractivity (Wildman–Crippen MR) is 50.3 cm³/mol. The maximum atomic E-state index is 10.9. The quantitative estimate of drug-likeness (QED) is 0.660. The minimum atomic E-state index is -2.21. The summed E-state index contributed by atoms with van der Waals surface area (Å²) in [6.07, 6.45) is 0.924. The molecule has 2 amide bonds. The van der Waals surface area contributed by atoms with Crippen molar-refractivity contribution in [2.75, 3.05) is 20.8 Å². The fourth-order valence-electron chi connectivity index (χ4n) is 1.55. The summed E-state index contributed by atoms with van der Waals surface area (Å²) < 4.78 is 10.7. The van der Waals surface area contributed by atoms with Crippen LogP contribution in [0, 0.1) is 0 Å². The number of hydrogen-bond acceptors (Lipinski definition) is 3. The molecule has 0 spiro atoms. The van der Waals surface area contributed by atoms with Crippen LogP contribution < -0.4 is 5.73 Å². The zero-order valence-corrected chi connectivity index (χ0v) is 9.24. The molecule has 0 saturated carbocycles. The Kier molecular flexibility index (Phi) is 2.94. The first-order valence-electron chi connectivity index (χ1n) is 4.21. The number of nitrogens with two attached hydrogens (primary N) is 1. The number of carbonyl (C=O) groups is 1. The van der Waals surface area contributed by atoms with Crippen molar-refractivity contribution in [3.8, 4) is 0 Å². The molecule has 5 nitrogen and oxygen atoms in total. The van der Waals surface area contributed by atoms with Crippen LogP contribution in [-0.2, 0) is 8.85 Å². The van der Waals surface area contributed by atoms with Gasteiger partial charge in [0.25, 0.3) is 0 Å². The minimum absolute atomic E-state index is 0.0694. The largest absolute Gasteiger partial charge is 0.397 e. The summed E-state index contributed by atoms with van der Waals surface area (Å²) in [5.74, 6) is 0. The monoisotopic (exact) mass is 204 g/mol. The third kappa shape index (κ3) is 1.69. The highest BCUT2D eigenvalue weighted by Gasteiger charge is 2.49. The molecular formula is C7H16N2O3Si. The van der Waals surface area contributed by atoms with Crippen molar-refractivity contribution >= 4 is 14.6 Å². The summed E-state index contributed by atoms with van der Waals surface area (Å²) in [6.45, 7) is 2.65. The van der Waals surface area contributed by atoms with Gasteiger partial charge in [0.1, 0.15) is 0 Å². The SMILES string of the molecule is CO[Si](C)(OC)C1CCN1C(N)=O. The van der Waals surface area contributed by atoms with E-state index in [1.165, 1.54) is 0 Å². The van der Waals surface area contributed by atoms with Gasteiger partial charge in [0.05, 0.1) is 5.67 Å². The Hall–Kier alpha value is -0.593. The van der Waals surface area contributed by atoms with E-state index in [-0.39, 0.29) is 11.7 Å². The summed E-state index contributed by atoms with van der Waals surface area (Å²) in [5, 5.41) is 0. The molecule has 1 aliphatic heterocycles. The van der Waals surface area contributed by atoms with Crippen molar-refractivity contribution in [2.24, 2.45) is 5.73 Å². The normalized spacial score (nSPS) is 22.7. The molecule has 1 fully saturated rings. The van der Waals surface area contributed by atoms with Crippen LogP contribution in [0.25, 0.3) is 0 Å². The van der Waals surface area contributed by atoms with Gasteiger partial charge in [-0.1, -0.05) is 0 Å². The van der Waals surface area contributed by atoms with Crippen LogP contribution in [0.5, 0.6) is 0 Å². The van der Waals surface area contributed by atoms with E-state index in [4.69, 9.17) is 14.6 Å². The van der Waals surface area contributed by atoms with Crippen LogP contribution in [-0.4, -0.2) is 45.9 Å². The van der Waals surface area contributed by atoms with Crippen LogP contribution in [0.2, 0.25) is 6.55 Å². The number of likely N-dealkylation sites (tertiary alicyclic amines) is 1. The molecule has 0 aromatic rings. The molecule has 0 bridgehead atoms. The number of rotatable bonds is 3. The molecular weight excluding hydrogens is 188 g/mol. The summed E-state index contributed by atoms with van der Waals surface area (Å²) >= 11 is 0. The van der Waals surface area contributed by atoms with Crippen molar-refractivity contribution in [1.82, 2.24) is 4.90 Å². The molecule has 2 N–H and O–H groups in total. The van der Waals surface area contributed by atoms with Crippen molar-refractivity contribution < 1.29 is 13.6 Å². The molecule has 0 aromatic heterocycles. The second kappa shape index (κ2) is 3.65. The van der Waals surface area contributed by atoms with Crippen LogP contribution in [0.4, 0.5) is 4.79 Å². The summed E-state index contributed by atoms with van der Waals surface area (Å²) in [5.41, 5.74) is 5.26. The molecule has 1 aliphatic rings. The molecule has 0 radical (unpaired) electrons. The van der Waals surface area contributed by atoms with Gasteiger partial charge in [-0.25, -0.2) is 4.79 Å². The maximum Gasteiger partial charge on any atom is 0.357 e. The van der Waals surface area contributed by atoms with E-state index in [0.717, 1.165) is 13.0 Å². The van der Waals surface area contributed by atoms with E-state index in [1.54, 1.807) is 19.1 Å². The maximum absolute atomic E-state index is 10.9. The average molecular weight is 204 g/mol. The molecule has 1 heterocycles. The van der Waals surface area contributed by atoms with Crippen LogP contribution in [0.3, 0.4) is 0 Å². The standard InChI is InChI=1S/C7H16N2O3Si/c1-11-13(3,12-2)6-4-5-9(6)7(8)10/h6H,4-5H2,1-3H3,(H2,8,10). The summed E-state index contributed by atoms with van der Waals surface area (Å²) in [7, 11) is 1.02. The zero-order valence-electron chi connectivity index (χ0n) is 8.24. The van der Waals surface area contributed by atoms with Crippen LogP contribution >= 0.6 is 0 Å². The molecule has 0 aromatic carbocycles. The van der Waals surface area contributed by atoms with E-state index < -0.39 is 8.56 Å². The van der Waals surface area contributed by atoms with Gasteiger partial charge in [-0.05, 0) is 13.0 Å². The molecule has 1 unspecified atom stereocenters. The van der Waals surface area contributed by atoms with E-state index in [1.807, 2.05) is 6.55 Å². The highest BCUT2D eigenvalue weighted by molar-refractivity contribution is 6.68. The van der Waals surface area contributed by atoms with Crippen molar-refractivity contribution in [1.29, 1.82) is 0 Å². The molecule has 1 saturated heterocycles. The fraction of sp³-hybridized carbons (Fsp3) is 0.857. The lowest BCUT2D eigenvalue weighted by atomic mass is 10.2. The highest BCUT2D eigenvalue weighted by atomic mass is 28.4. The van der Waals surface area contributed by atoms with Gasteiger partial charge in [-0.3, -0.25) is 0 Å². The first kappa shape index (κ1) is 10.5. The fourth-order valence-corrected chi connectivity index (χ4v) is 3.74. The average Bonchev–Trinajstić information content (AvgIpc) is 2.01. The number of nitrogens with zero attached hydrogens (tertiary/aromatic N) is 1. The van der Waals surface area contributed by atoms with Crippen molar-refractivity contribution in [2.45, 2.75) is 18.6 Å². The predicted octanol–water partition coefficient (Wildman–Crippen LogP) is 0.0434. The lowest BCUT2D eigenvalue weighted by Gasteiger charge is -2.46. The Balaban J connectivity index is 2.66. The van der Waals surface area contributed by atoms with Gasteiger partial charge >= 0.3 is 14.6 Å². The molecule has 1 rings (SSSR count). The second-order valence-electron chi connectivity index (χ2n) is 3.26. The van der Waals surface area contributed by atoms with Crippen LogP contribution in [0.15, 0.2) is 0 Å². The third-order valence-electron chi connectivity index (χ3n) is 2.72. The Morgan fingerprint density at radius 1 is 1.54 bits per heavy atom. The lowest BCUT2D eigenvalue weighted by Crippen LogP contribution is -2.67. The molecule has 0 aliphatic carbocycles. The Labute approximate surface area is 79.0 Å². The number of hydrogen-bond donors (Lipinski definition) is 1. The zero-order chi connectivity index (χ0) is 10.1. The number of carbonyl (C=O) groups excluding carboxylic acids is 1. The van der Waals surface area contributed by atoms with Crippen LogP contribution in [0.1, 0.15) is 6.42 Å². The second-order valence-corrected chi connectivity index (χ2v) is 6.78. The first-order valence-corrected chi connectivity index (χ1v) is 6.61. The summed E-state index contributed by atoms with van der Waals surface area (Å²) in [4.78, 5) is 12.5. The van der Waals surface area contributed by atoms with Gasteiger partial charge in [0, 0.05) is 20.8 Å². The summed E-state index contributed by atoms with van der Waals surface area (Å²) in [6, 6.07) is -0.385. The van der Waals surface area contributed by atoms with Crippen molar-refractivity contribution in [3.05, 3.63) is 0 Å². The Morgan fingerprint density at radius 2 is 2.08 bits per heavy atom. The van der Waals surface area contributed by atoms with E-state index in [2.05, 4.69) is 0 Å². The van der Waals surface area contributed by atoms with E-state index in [9.17, 15) is 4.79 Å². The van der Waals surface area contributed by atoms with Crippen molar-refractivity contribution in [3.63, 3.8) is 0 Å². The Morgan fingerprint density at radius 3 is 2.31 bits per heavy atom. The number of amides is 2. The minimum Gasteiger partial charge on any atom is -0.397 e. The van der Waals surface area contributed by atoms with Gasteiger partial charge in [0.15, 0.2) is 0 Å². The molecule has 1 atom stereocenters. The Bertz CT molecular complexity index is 208. The first-order chi connectivity index (χ1) is 6.05. The van der Waals surface area contributed by atoms with E-state index in [0.29, 0.717) is 0 Å². The van der Waals surface area contributed by atoms with Gasteiger partial charge in [-0.15, -0.1) is 0 Å². The van der Waals surface area contributed by atoms with Gasteiger partial charge in [-0.2, -0.15) is 0 Å². The molecule has 6 heteroatoms. The molecule has 13 heavy (non-hydrogen) atoms. The smallest absolute Gasteiger partial charge is 0.357 e. The topological polar surface area (TPSA) is 64.8 Å². The van der Waals surface area contributed by atoms with Gasteiger partial charge in [0.2, 0.25) is 0 Å². The van der Waals surface area contributed by atoms with Gasteiger partial charge < -0.3 is 19.5 Å². The highest BCUT2D eigenvalue weighted by Crippen LogP contribution is 2.27. The van der Waals surface area contributed by atoms with E-state index >= 15 is 0 Å². The third-order valence-corrected chi connectivity index (χ3v) is 6.15. The lowest BCUT2D eigenvalue weighted by molar-refractivity contribution is 0.115. The number of urea groups is 1. The molecule has 76 valence electrons.